The molecule has 6 heteroatoms. The van der Waals surface area contributed by atoms with Gasteiger partial charge in [-0.3, -0.25) is 4.79 Å². The van der Waals surface area contributed by atoms with Gasteiger partial charge in [0.2, 0.25) is 5.91 Å². The molecule has 0 aromatic carbocycles. The molecule has 6 nitrogen and oxygen atoms in total. The number of likely N-dealkylation sites (tertiary alicyclic amines) is 1. The molecule has 27 heavy (non-hydrogen) atoms. The van der Waals surface area contributed by atoms with Gasteiger partial charge in [-0.15, -0.1) is 14.9 Å². The summed E-state index contributed by atoms with van der Waals surface area (Å²) in [6.07, 6.45) is 8.63. The van der Waals surface area contributed by atoms with Gasteiger partial charge < -0.3 is 5.73 Å². The standard InChI is InChI=1S/C12H22N2O2.C9H18NO/c1-11(2)7-5-8-12(3,4)14(11,16)9-6-10(13)15;1-8(2)6-5-7-9(3,4)10(8)11/h6,9H,5,7-8H2,1-4H3,(H2,13,15);5-7H2,1-4H3/q+1;. The van der Waals surface area contributed by atoms with E-state index < -0.39 is 21.6 Å². The van der Waals surface area contributed by atoms with Crippen molar-refractivity contribution in [3.8, 4) is 0 Å². The van der Waals surface area contributed by atoms with Crippen molar-refractivity contribution in [1.82, 2.24) is 5.06 Å². The van der Waals surface area contributed by atoms with Gasteiger partial charge in [0.1, 0.15) is 17.3 Å². The molecule has 2 aliphatic heterocycles. The zero-order valence-electron chi connectivity index (χ0n) is 18.6. The lowest BCUT2D eigenvalue weighted by atomic mass is 9.79. The summed E-state index contributed by atoms with van der Waals surface area (Å²) >= 11 is 0. The van der Waals surface area contributed by atoms with Gasteiger partial charge in [0.05, 0.1) is 6.08 Å². The SMILES string of the molecule is CC1(C)CCCC(C)(C)N1[O].CC1(C)CCCC(C)(C)[N+]1([O])C=CC(N)=O. The van der Waals surface area contributed by atoms with Gasteiger partial charge >= 0.3 is 0 Å². The van der Waals surface area contributed by atoms with Crippen molar-refractivity contribution in [3.63, 3.8) is 0 Å². The monoisotopic (exact) mass is 382 g/mol. The average Bonchev–Trinajstić information content (AvgIpc) is 2.48. The Bertz CT molecular complexity index is 533. The summed E-state index contributed by atoms with van der Waals surface area (Å²) in [6.45, 7) is 15.9. The Kier molecular flexibility index (Phi) is 6.97. The largest absolute Gasteiger partial charge is 0.366 e. The van der Waals surface area contributed by atoms with Crippen molar-refractivity contribution in [1.29, 1.82) is 0 Å². The van der Waals surface area contributed by atoms with Crippen LogP contribution in [0.4, 0.5) is 0 Å². The molecule has 2 fully saturated rings. The number of nitrogens with two attached hydrogens (primary N) is 1. The number of hydrogen-bond acceptors (Lipinski definition) is 2. The molecule has 0 aliphatic carbocycles. The van der Waals surface area contributed by atoms with Crippen LogP contribution in [0.3, 0.4) is 0 Å². The molecule has 2 N–H and O–H groups in total. The minimum absolute atomic E-state index is 0.151. The van der Waals surface area contributed by atoms with E-state index >= 15 is 0 Å². The lowest BCUT2D eigenvalue weighted by Crippen LogP contribution is -2.67. The molecular formula is C21H40N3O3+. The highest BCUT2D eigenvalue weighted by Crippen LogP contribution is 2.44. The van der Waals surface area contributed by atoms with E-state index in [9.17, 15) is 15.2 Å². The first-order chi connectivity index (χ1) is 12.0. The molecule has 2 rings (SSSR count). The van der Waals surface area contributed by atoms with Gasteiger partial charge in [0.15, 0.2) is 0 Å². The van der Waals surface area contributed by atoms with Crippen LogP contribution >= 0.6 is 0 Å². The van der Waals surface area contributed by atoms with Crippen LogP contribution in [0.15, 0.2) is 12.3 Å². The van der Waals surface area contributed by atoms with Crippen LogP contribution in [0, 0.1) is 0 Å². The Hall–Kier alpha value is -0.950. The quantitative estimate of drug-likeness (QED) is 0.571. The van der Waals surface area contributed by atoms with Gasteiger partial charge in [-0.1, -0.05) is 0 Å². The first-order valence-electron chi connectivity index (χ1n) is 10.0. The summed E-state index contributed by atoms with van der Waals surface area (Å²) in [6, 6.07) is 0. The van der Waals surface area contributed by atoms with E-state index in [-0.39, 0.29) is 11.1 Å². The Balaban J connectivity index is 0.000000289. The number of amides is 1. The molecular weight excluding hydrogens is 342 g/mol. The first kappa shape index (κ1) is 24.1. The third-order valence-corrected chi connectivity index (χ3v) is 6.50. The fraction of sp³-hybridized carbons (Fsp3) is 0.857. The number of piperidine rings is 2. The van der Waals surface area contributed by atoms with Crippen molar-refractivity contribution in [3.05, 3.63) is 12.3 Å². The van der Waals surface area contributed by atoms with Gasteiger partial charge in [-0.25, -0.2) is 0 Å². The van der Waals surface area contributed by atoms with Gasteiger partial charge in [-0.05, 0) is 81.1 Å². The van der Waals surface area contributed by atoms with Gasteiger partial charge in [-0.2, -0.15) is 0 Å². The smallest absolute Gasteiger partial charge is 0.246 e. The molecule has 2 heterocycles. The molecule has 2 radical (unpaired) electrons. The lowest BCUT2D eigenvalue weighted by Gasteiger charge is -2.51. The maximum atomic E-state index is 13.0. The van der Waals surface area contributed by atoms with Crippen LogP contribution in [0.25, 0.3) is 0 Å². The van der Waals surface area contributed by atoms with Crippen LogP contribution in [0.5, 0.6) is 0 Å². The van der Waals surface area contributed by atoms with Crippen molar-refractivity contribution in [2.45, 2.75) is 116 Å². The van der Waals surface area contributed by atoms with E-state index in [2.05, 4.69) is 0 Å². The third-order valence-electron chi connectivity index (χ3n) is 6.50. The highest BCUT2D eigenvalue weighted by atomic mass is 16.6. The summed E-state index contributed by atoms with van der Waals surface area (Å²) in [5.41, 5.74) is 3.95. The van der Waals surface area contributed by atoms with E-state index in [0.29, 0.717) is 0 Å². The molecule has 1 amide bonds. The number of carbonyl (C=O) groups is 1. The minimum atomic E-state index is -0.564. The second-order valence-electron chi connectivity index (χ2n) is 10.6. The summed E-state index contributed by atoms with van der Waals surface area (Å²) < 4.78 is -0.483. The normalized spacial score (nSPS) is 28.2. The summed E-state index contributed by atoms with van der Waals surface area (Å²) in [5.74, 6) is -0.564. The van der Waals surface area contributed by atoms with Crippen LogP contribution in [-0.4, -0.2) is 37.8 Å². The number of carbonyl (C=O) groups excluding carboxylic acids is 1. The lowest BCUT2D eigenvalue weighted by molar-refractivity contribution is -1.16. The molecule has 0 aromatic rings. The number of quaternary nitrogens is 1. The summed E-state index contributed by atoms with van der Waals surface area (Å²) in [4.78, 5) is 10.8. The van der Waals surface area contributed by atoms with Crippen LogP contribution in [0.1, 0.15) is 93.9 Å². The molecule has 0 saturated carbocycles. The predicted molar refractivity (Wildman–Crippen MR) is 106 cm³/mol. The Morgan fingerprint density at radius 2 is 1.22 bits per heavy atom. The van der Waals surface area contributed by atoms with Crippen LogP contribution < -0.4 is 5.73 Å². The van der Waals surface area contributed by atoms with E-state index in [1.54, 1.807) is 0 Å². The maximum Gasteiger partial charge on any atom is 0.246 e. The minimum Gasteiger partial charge on any atom is -0.366 e. The Labute approximate surface area is 165 Å². The van der Waals surface area contributed by atoms with Crippen molar-refractivity contribution in [2.75, 3.05) is 0 Å². The van der Waals surface area contributed by atoms with E-state index in [4.69, 9.17) is 5.73 Å². The topological polar surface area (TPSA) is 86.1 Å². The number of rotatable bonds is 2. The second kappa shape index (κ2) is 7.82. The zero-order chi connectivity index (χ0) is 21.3. The van der Waals surface area contributed by atoms with Gasteiger partial charge in [0, 0.05) is 29.1 Å². The second-order valence-corrected chi connectivity index (χ2v) is 10.6. The first-order valence-corrected chi connectivity index (χ1v) is 10.0. The average molecular weight is 383 g/mol. The number of primary amides is 1. The summed E-state index contributed by atoms with van der Waals surface area (Å²) in [7, 11) is 0. The number of hydroxylamine groups is 5. The Morgan fingerprint density at radius 3 is 1.56 bits per heavy atom. The fourth-order valence-electron chi connectivity index (χ4n) is 4.66. The molecule has 2 saturated heterocycles. The van der Waals surface area contributed by atoms with Crippen molar-refractivity contribution < 1.29 is 19.9 Å². The number of nitrogens with zero attached hydrogens (tertiary/aromatic N) is 2. The maximum absolute atomic E-state index is 13.0. The molecule has 0 bridgehead atoms. The molecule has 0 spiro atoms. The van der Waals surface area contributed by atoms with Crippen LogP contribution in [0.2, 0.25) is 0 Å². The van der Waals surface area contributed by atoms with E-state index in [1.807, 2.05) is 55.4 Å². The third kappa shape index (κ3) is 5.11. The zero-order valence-corrected chi connectivity index (χ0v) is 18.6. The van der Waals surface area contributed by atoms with E-state index in [0.717, 1.165) is 32.1 Å². The molecule has 2 aliphatic rings. The molecule has 156 valence electrons. The Morgan fingerprint density at radius 1 is 0.852 bits per heavy atom. The molecule has 0 unspecified atom stereocenters. The van der Waals surface area contributed by atoms with Gasteiger partial charge in [0.25, 0.3) is 0 Å². The summed E-state index contributed by atoms with van der Waals surface area (Å²) in [5, 5.41) is 25.9. The van der Waals surface area contributed by atoms with Crippen LogP contribution in [-0.2, 0) is 15.2 Å². The molecule has 0 atom stereocenters. The predicted octanol–water partition coefficient (Wildman–Crippen LogP) is 4.26. The molecule has 0 aromatic heterocycles. The van der Waals surface area contributed by atoms with E-state index in [1.165, 1.54) is 23.8 Å². The van der Waals surface area contributed by atoms with Crippen molar-refractivity contribution in [2.24, 2.45) is 5.73 Å². The van der Waals surface area contributed by atoms with Crippen molar-refractivity contribution >= 4 is 5.91 Å². The highest BCUT2D eigenvalue weighted by Gasteiger charge is 2.57. The fourth-order valence-corrected chi connectivity index (χ4v) is 4.66. The number of hydrogen-bond donors (Lipinski definition) is 1. The highest BCUT2D eigenvalue weighted by molar-refractivity contribution is 5.85.